The highest BCUT2D eigenvalue weighted by Gasteiger charge is 2.28. The number of nitrogens with one attached hydrogen (secondary N) is 1. The maximum absolute atomic E-state index is 14.0. The molecule has 1 fully saturated rings. The Balaban J connectivity index is 2.26. The SMILES string of the molecule is CC(C)NCc1ccc(F)c(S(=O)(=O)N2CCCCC2)c1. The molecule has 2 rings (SSSR count). The van der Waals surface area contributed by atoms with Gasteiger partial charge in [0, 0.05) is 25.7 Å². The number of nitrogens with zero attached hydrogens (tertiary/aromatic N) is 1. The van der Waals surface area contributed by atoms with Gasteiger partial charge in [0.15, 0.2) is 0 Å². The summed E-state index contributed by atoms with van der Waals surface area (Å²) in [5.74, 6) is -0.672. The summed E-state index contributed by atoms with van der Waals surface area (Å²) in [6.07, 6.45) is 2.72. The Morgan fingerprint density at radius 1 is 1.24 bits per heavy atom. The van der Waals surface area contributed by atoms with E-state index in [0.29, 0.717) is 19.6 Å². The monoisotopic (exact) mass is 314 g/mol. The second-order valence-corrected chi connectivity index (χ2v) is 7.67. The van der Waals surface area contributed by atoms with Crippen LogP contribution in [0.2, 0.25) is 0 Å². The topological polar surface area (TPSA) is 49.4 Å². The summed E-state index contributed by atoms with van der Waals surface area (Å²) in [5, 5.41) is 3.21. The summed E-state index contributed by atoms with van der Waals surface area (Å²) >= 11 is 0. The van der Waals surface area contributed by atoms with Crippen LogP contribution in [-0.4, -0.2) is 31.9 Å². The van der Waals surface area contributed by atoms with Gasteiger partial charge in [-0.3, -0.25) is 0 Å². The van der Waals surface area contributed by atoms with Gasteiger partial charge in [-0.05, 0) is 30.5 Å². The second kappa shape index (κ2) is 6.85. The normalized spacial score (nSPS) is 17.3. The van der Waals surface area contributed by atoms with Crippen LogP contribution < -0.4 is 5.32 Å². The molecular formula is C15H23FN2O2S. The highest BCUT2D eigenvalue weighted by atomic mass is 32.2. The van der Waals surface area contributed by atoms with E-state index in [2.05, 4.69) is 5.32 Å². The fourth-order valence-electron chi connectivity index (χ4n) is 2.42. The van der Waals surface area contributed by atoms with Gasteiger partial charge >= 0.3 is 0 Å². The molecule has 118 valence electrons. The first-order valence-electron chi connectivity index (χ1n) is 7.43. The highest BCUT2D eigenvalue weighted by Crippen LogP contribution is 2.23. The summed E-state index contributed by atoms with van der Waals surface area (Å²) in [4.78, 5) is -0.201. The molecule has 1 heterocycles. The fourth-order valence-corrected chi connectivity index (χ4v) is 4.05. The van der Waals surface area contributed by atoms with Gasteiger partial charge in [0.25, 0.3) is 0 Å². The van der Waals surface area contributed by atoms with Crippen LogP contribution in [0.5, 0.6) is 0 Å². The smallest absolute Gasteiger partial charge is 0.245 e. The lowest BCUT2D eigenvalue weighted by Crippen LogP contribution is -2.36. The molecule has 0 spiro atoms. The van der Waals surface area contributed by atoms with Gasteiger partial charge < -0.3 is 5.32 Å². The first-order valence-corrected chi connectivity index (χ1v) is 8.87. The quantitative estimate of drug-likeness (QED) is 0.908. The average molecular weight is 314 g/mol. The number of halogens is 1. The summed E-state index contributed by atoms with van der Waals surface area (Å²) in [5.41, 5.74) is 0.778. The number of hydrogen-bond acceptors (Lipinski definition) is 3. The molecule has 1 saturated heterocycles. The van der Waals surface area contributed by atoms with Gasteiger partial charge in [-0.25, -0.2) is 12.8 Å². The third-order valence-corrected chi connectivity index (χ3v) is 5.56. The molecule has 1 N–H and O–H groups in total. The van der Waals surface area contributed by atoms with Gasteiger partial charge in [0.05, 0.1) is 0 Å². The van der Waals surface area contributed by atoms with E-state index >= 15 is 0 Å². The minimum Gasteiger partial charge on any atom is -0.310 e. The molecule has 0 amide bonds. The van der Waals surface area contributed by atoms with E-state index in [1.165, 1.54) is 16.4 Å². The molecule has 0 atom stereocenters. The minimum absolute atomic E-state index is 0.201. The Hall–Kier alpha value is -0.980. The fraction of sp³-hybridized carbons (Fsp3) is 0.600. The van der Waals surface area contributed by atoms with Gasteiger partial charge in [0.1, 0.15) is 10.7 Å². The Morgan fingerprint density at radius 3 is 2.52 bits per heavy atom. The molecule has 0 radical (unpaired) electrons. The van der Waals surface area contributed by atoms with Crippen LogP contribution in [0.3, 0.4) is 0 Å². The average Bonchev–Trinajstić information content (AvgIpc) is 2.47. The molecule has 1 aromatic carbocycles. The molecule has 0 aliphatic carbocycles. The lowest BCUT2D eigenvalue weighted by Gasteiger charge is -2.26. The predicted octanol–water partition coefficient (Wildman–Crippen LogP) is 2.50. The van der Waals surface area contributed by atoms with E-state index in [1.807, 2.05) is 13.8 Å². The lowest BCUT2D eigenvalue weighted by molar-refractivity contribution is 0.345. The summed E-state index contributed by atoms with van der Waals surface area (Å²) in [6.45, 7) is 5.51. The molecular weight excluding hydrogens is 291 g/mol. The maximum Gasteiger partial charge on any atom is 0.245 e. The third-order valence-electron chi connectivity index (χ3n) is 3.64. The molecule has 0 unspecified atom stereocenters. The van der Waals surface area contributed by atoms with Crippen molar-refractivity contribution in [2.45, 2.75) is 50.6 Å². The number of piperidine rings is 1. The van der Waals surface area contributed by atoms with Crippen LogP contribution in [0.4, 0.5) is 4.39 Å². The van der Waals surface area contributed by atoms with Crippen LogP contribution in [-0.2, 0) is 16.6 Å². The molecule has 1 aliphatic heterocycles. The van der Waals surface area contributed by atoms with Gasteiger partial charge in [-0.15, -0.1) is 0 Å². The first kappa shape index (κ1) is 16.4. The van der Waals surface area contributed by atoms with Crippen LogP contribution in [0.15, 0.2) is 23.1 Å². The zero-order chi connectivity index (χ0) is 15.5. The Bertz CT molecular complexity index is 581. The van der Waals surface area contributed by atoms with Crippen molar-refractivity contribution < 1.29 is 12.8 Å². The van der Waals surface area contributed by atoms with Crippen molar-refractivity contribution in [2.75, 3.05) is 13.1 Å². The maximum atomic E-state index is 14.0. The summed E-state index contributed by atoms with van der Waals surface area (Å²) in [6, 6.07) is 4.61. The molecule has 0 aromatic heterocycles. The highest BCUT2D eigenvalue weighted by molar-refractivity contribution is 7.89. The number of benzene rings is 1. The number of hydrogen-bond donors (Lipinski definition) is 1. The van der Waals surface area contributed by atoms with Crippen molar-refractivity contribution >= 4 is 10.0 Å². The van der Waals surface area contributed by atoms with Crippen molar-refractivity contribution in [2.24, 2.45) is 0 Å². The molecule has 4 nitrogen and oxygen atoms in total. The van der Waals surface area contributed by atoms with Crippen LogP contribution in [0, 0.1) is 5.82 Å². The minimum atomic E-state index is -3.72. The molecule has 21 heavy (non-hydrogen) atoms. The van der Waals surface area contributed by atoms with E-state index in [4.69, 9.17) is 0 Å². The number of sulfonamides is 1. The number of rotatable bonds is 5. The zero-order valence-corrected chi connectivity index (χ0v) is 13.4. The molecule has 6 heteroatoms. The standard InChI is InChI=1S/C15H23FN2O2S/c1-12(2)17-11-13-6-7-14(16)15(10-13)21(19,20)18-8-4-3-5-9-18/h6-7,10,12,17H,3-5,8-9,11H2,1-2H3. The van der Waals surface area contributed by atoms with E-state index in [-0.39, 0.29) is 10.9 Å². The van der Waals surface area contributed by atoms with Crippen LogP contribution in [0.25, 0.3) is 0 Å². The van der Waals surface area contributed by atoms with Gasteiger partial charge in [0.2, 0.25) is 10.0 Å². The van der Waals surface area contributed by atoms with E-state index < -0.39 is 15.8 Å². The van der Waals surface area contributed by atoms with Crippen molar-refractivity contribution in [3.05, 3.63) is 29.6 Å². The van der Waals surface area contributed by atoms with E-state index in [1.54, 1.807) is 6.07 Å². The third kappa shape index (κ3) is 4.02. The molecule has 0 bridgehead atoms. The second-order valence-electron chi connectivity index (χ2n) is 5.77. The van der Waals surface area contributed by atoms with Crippen molar-refractivity contribution in [1.82, 2.24) is 9.62 Å². The van der Waals surface area contributed by atoms with E-state index in [0.717, 1.165) is 24.8 Å². The Kier molecular flexibility index (Phi) is 5.35. The van der Waals surface area contributed by atoms with Crippen LogP contribution in [0.1, 0.15) is 38.7 Å². The van der Waals surface area contributed by atoms with Gasteiger partial charge in [-0.1, -0.05) is 26.3 Å². The van der Waals surface area contributed by atoms with Crippen molar-refractivity contribution in [1.29, 1.82) is 0 Å². The van der Waals surface area contributed by atoms with Crippen molar-refractivity contribution in [3.8, 4) is 0 Å². The molecule has 0 saturated carbocycles. The Morgan fingerprint density at radius 2 is 1.90 bits per heavy atom. The van der Waals surface area contributed by atoms with Crippen molar-refractivity contribution in [3.63, 3.8) is 0 Å². The lowest BCUT2D eigenvalue weighted by atomic mass is 10.2. The van der Waals surface area contributed by atoms with Crippen LogP contribution >= 0.6 is 0 Å². The zero-order valence-electron chi connectivity index (χ0n) is 12.6. The van der Waals surface area contributed by atoms with E-state index in [9.17, 15) is 12.8 Å². The van der Waals surface area contributed by atoms with Gasteiger partial charge in [-0.2, -0.15) is 4.31 Å². The first-order chi connectivity index (χ1) is 9.91. The Labute approximate surface area is 126 Å². The predicted molar refractivity (Wildman–Crippen MR) is 81.0 cm³/mol. The largest absolute Gasteiger partial charge is 0.310 e. The molecule has 1 aromatic rings. The summed E-state index contributed by atoms with van der Waals surface area (Å²) < 4.78 is 40.5. The summed E-state index contributed by atoms with van der Waals surface area (Å²) in [7, 11) is -3.72. The molecule has 1 aliphatic rings.